The number of benzene rings is 2. The lowest BCUT2D eigenvalue weighted by Crippen LogP contribution is -2.36. The average Bonchev–Trinajstić information content (AvgIpc) is 2.84. The number of hydrogen-bond donors (Lipinski definition) is 2. The third kappa shape index (κ3) is 6.69. The van der Waals surface area contributed by atoms with Crippen LogP contribution in [0.1, 0.15) is 30.8 Å². The molecule has 2 N–H and O–H groups in total. The Bertz CT molecular complexity index is 1410. The van der Waals surface area contributed by atoms with Crippen LogP contribution in [0, 0.1) is 5.92 Å². The molecule has 0 saturated carbocycles. The lowest BCUT2D eigenvalue weighted by molar-refractivity contribution is -0.144. The Kier molecular flexibility index (Phi) is 8.21. The van der Waals surface area contributed by atoms with Crippen LogP contribution in [0.15, 0.2) is 47.4 Å². The van der Waals surface area contributed by atoms with Crippen LogP contribution in [0.5, 0.6) is 0 Å². The number of esters is 1. The van der Waals surface area contributed by atoms with Crippen LogP contribution in [0.25, 0.3) is 10.9 Å². The number of halogens is 6. The van der Waals surface area contributed by atoms with Gasteiger partial charge in [-0.1, -0.05) is 26.0 Å². The summed E-state index contributed by atoms with van der Waals surface area (Å²) in [5, 5.41) is 3.41. The van der Waals surface area contributed by atoms with Crippen LogP contribution in [0.4, 0.5) is 32.2 Å². The van der Waals surface area contributed by atoms with Gasteiger partial charge in [0.25, 0.3) is 0 Å². The molecule has 0 saturated heterocycles. The number of para-hydroxylation sites is 1. The molecule has 1 atom stereocenters. The Morgan fingerprint density at radius 2 is 1.55 bits per heavy atom. The molecule has 38 heavy (non-hydrogen) atoms. The zero-order valence-corrected chi connectivity index (χ0v) is 20.9. The van der Waals surface area contributed by atoms with Crippen molar-refractivity contribution in [2.45, 2.75) is 43.7 Å². The van der Waals surface area contributed by atoms with Gasteiger partial charge in [0, 0.05) is 5.39 Å². The van der Waals surface area contributed by atoms with Gasteiger partial charge < -0.3 is 10.1 Å². The van der Waals surface area contributed by atoms with E-state index in [0.29, 0.717) is 10.9 Å². The number of rotatable bonds is 8. The number of hydrogen-bond acceptors (Lipinski definition) is 7. The Morgan fingerprint density at radius 1 is 0.974 bits per heavy atom. The van der Waals surface area contributed by atoms with E-state index in [1.54, 1.807) is 38.1 Å². The van der Waals surface area contributed by atoms with Crippen molar-refractivity contribution < 1.29 is 44.3 Å². The summed E-state index contributed by atoms with van der Waals surface area (Å²) in [6, 6.07) is 5.73. The van der Waals surface area contributed by atoms with Gasteiger partial charge in [0.15, 0.2) is 0 Å². The third-order valence-corrected chi connectivity index (χ3v) is 6.74. The van der Waals surface area contributed by atoms with Crippen molar-refractivity contribution >= 4 is 32.7 Å². The number of aromatic nitrogens is 2. The van der Waals surface area contributed by atoms with Gasteiger partial charge in [-0.3, -0.25) is 0 Å². The van der Waals surface area contributed by atoms with Gasteiger partial charge in [0.2, 0.25) is 10.0 Å². The highest BCUT2D eigenvalue weighted by Crippen LogP contribution is 2.37. The first-order valence-electron chi connectivity index (χ1n) is 10.9. The van der Waals surface area contributed by atoms with E-state index in [1.807, 2.05) is 4.72 Å². The summed E-state index contributed by atoms with van der Waals surface area (Å²) >= 11 is 0. The first-order chi connectivity index (χ1) is 17.5. The monoisotopic (exact) mass is 564 g/mol. The number of sulfonamides is 1. The standard InChI is InChI=1S/C23H22F6N4O4S/c1-12(2)19(21(34)37-3)33-20-16-6-4-5-7-17(16)31-18(32-20)11-30-38(35,36)15-9-13(22(24,25)26)8-14(10-15)23(27,28)29/h4-10,12,19,30H,11H2,1-3H3,(H,31,32,33)/t19-/m0/s1. The van der Waals surface area contributed by atoms with Crippen LogP contribution < -0.4 is 10.0 Å². The van der Waals surface area contributed by atoms with Crippen LogP contribution in [0.3, 0.4) is 0 Å². The Morgan fingerprint density at radius 3 is 2.08 bits per heavy atom. The van der Waals surface area contributed by atoms with Gasteiger partial charge in [0.05, 0.1) is 35.2 Å². The zero-order valence-electron chi connectivity index (χ0n) is 20.1. The number of anilines is 1. The quantitative estimate of drug-likeness (QED) is 0.300. The Hall–Kier alpha value is -3.46. The Balaban J connectivity index is 1.99. The summed E-state index contributed by atoms with van der Waals surface area (Å²) in [6.07, 6.45) is -10.4. The molecule has 0 unspecified atom stereocenters. The molecule has 0 radical (unpaired) electrons. The lowest BCUT2D eigenvalue weighted by atomic mass is 10.0. The summed E-state index contributed by atoms with van der Waals surface area (Å²) in [7, 11) is -3.66. The number of methoxy groups -OCH3 is 1. The van der Waals surface area contributed by atoms with E-state index >= 15 is 0 Å². The second kappa shape index (κ2) is 10.7. The molecule has 1 heterocycles. The average molecular weight is 565 g/mol. The molecule has 3 aromatic rings. The highest BCUT2D eigenvalue weighted by molar-refractivity contribution is 7.89. The van der Waals surface area contributed by atoms with Crippen molar-refractivity contribution in [3.8, 4) is 0 Å². The van der Waals surface area contributed by atoms with E-state index in [2.05, 4.69) is 15.3 Å². The SMILES string of the molecule is COC(=O)[C@@H](Nc1nc(CNS(=O)(=O)c2cc(C(F)(F)F)cc(C(F)(F)F)c2)nc2ccccc12)C(C)C. The van der Waals surface area contributed by atoms with Gasteiger partial charge in [0.1, 0.15) is 17.7 Å². The molecule has 206 valence electrons. The first kappa shape index (κ1) is 29.1. The lowest BCUT2D eigenvalue weighted by Gasteiger charge is -2.21. The predicted molar refractivity (Wildman–Crippen MR) is 124 cm³/mol. The van der Waals surface area contributed by atoms with Gasteiger partial charge >= 0.3 is 18.3 Å². The van der Waals surface area contributed by atoms with Gasteiger partial charge in [-0.2, -0.15) is 26.3 Å². The topological polar surface area (TPSA) is 110 Å². The number of carbonyl (C=O) groups excluding carboxylic acids is 1. The van der Waals surface area contributed by atoms with Gasteiger partial charge in [-0.25, -0.2) is 27.9 Å². The molecular formula is C23H22F6N4O4S. The number of nitrogens with zero attached hydrogens (tertiary/aromatic N) is 2. The van der Waals surface area contributed by atoms with Crippen molar-refractivity contribution in [2.24, 2.45) is 5.92 Å². The normalized spacial score (nSPS) is 13.5. The molecule has 2 aromatic carbocycles. The molecule has 1 aromatic heterocycles. The number of nitrogens with one attached hydrogen (secondary N) is 2. The number of alkyl halides is 6. The highest BCUT2D eigenvalue weighted by atomic mass is 32.2. The maximum Gasteiger partial charge on any atom is 0.416 e. The minimum Gasteiger partial charge on any atom is -0.467 e. The van der Waals surface area contributed by atoms with Crippen molar-refractivity contribution in [3.05, 3.63) is 59.4 Å². The molecule has 8 nitrogen and oxygen atoms in total. The van der Waals surface area contributed by atoms with E-state index in [-0.39, 0.29) is 35.8 Å². The van der Waals surface area contributed by atoms with Crippen LogP contribution in [-0.4, -0.2) is 37.5 Å². The van der Waals surface area contributed by atoms with Gasteiger partial charge in [-0.05, 0) is 36.2 Å². The fraction of sp³-hybridized carbons (Fsp3) is 0.348. The molecule has 0 aliphatic carbocycles. The first-order valence-corrected chi connectivity index (χ1v) is 12.4. The summed E-state index contributed by atoms with van der Waals surface area (Å²) in [4.78, 5) is 19.4. The van der Waals surface area contributed by atoms with E-state index in [4.69, 9.17) is 4.74 Å². The van der Waals surface area contributed by atoms with E-state index < -0.39 is 57.0 Å². The number of ether oxygens (including phenoxy) is 1. The number of fused-ring (bicyclic) bond motifs is 1. The van der Waals surface area contributed by atoms with Crippen LogP contribution in [0.2, 0.25) is 0 Å². The smallest absolute Gasteiger partial charge is 0.416 e. The maximum atomic E-state index is 13.2. The molecule has 0 spiro atoms. The summed E-state index contributed by atoms with van der Waals surface area (Å²) in [5.41, 5.74) is -3.21. The molecular weight excluding hydrogens is 542 g/mol. The molecule has 15 heteroatoms. The fourth-order valence-electron chi connectivity index (χ4n) is 3.41. The second-order valence-electron chi connectivity index (χ2n) is 8.46. The highest BCUT2D eigenvalue weighted by Gasteiger charge is 2.38. The second-order valence-corrected chi connectivity index (χ2v) is 10.2. The maximum absolute atomic E-state index is 13.2. The third-order valence-electron chi connectivity index (χ3n) is 5.36. The largest absolute Gasteiger partial charge is 0.467 e. The Labute approximate surface area is 213 Å². The van der Waals surface area contributed by atoms with Gasteiger partial charge in [-0.15, -0.1) is 0 Å². The van der Waals surface area contributed by atoms with Crippen LogP contribution >= 0.6 is 0 Å². The molecule has 0 aliphatic heterocycles. The van der Waals surface area contributed by atoms with E-state index in [9.17, 15) is 39.6 Å². The fourth-order valence-corrected chi connectivity index (χ4v) is 4.46. The van der Waals surface area contributed by atoms with E-state index in [1.165, 1.54) is 7.11 Å². The van der Waals surface area contributed by atoms with Crippen molar-refractivity contribution in [2.75, 3.05) is 12.4 Å². The summed E-state index contributed by atoms with van der Waals surface area (Å²) < 4.78 is 111. The summed E-state index contributed by atoms with van der Waals surface area (Å²) in [5.74, 6) is -0.852. The molecule has 0 fully saturated rings. The summed E-state index contributed by atoms with van der Waals surface area (Å²) in [6.45, 7) is 2.82. The number of carbonyl (C=O) groups is 1. The molecule has 0 amide bonds. The molecule has 3 rings (SSSR count). The molecule has 0 aliphatic rings. The van der Waals surface area contributed by atoms with Crippen molar-refractivity contribution in [3.63, 3.8) is 0 Å². The minimum atomic E-state index is -5.22. The minimum absolute atomic E-state index is 0.107. The molecule has 0 bridgehead atoms. The van der Waals surface area contributed by atoms with Crippen LogP contribution in [-0.2, 0) is 38.5 Å². The predicted octanol–water partition coefficient (Wildman–Crippen LogP) is 4.76. The van der Waals surface area contributed by atoms with Crippen molar-refractivity contribution in [1.82, 2.24) is 14.7 Å². The van der Waals surface area contributed by atoms with E-state index in [0.717, 1.165) is 0 Å². The van der Waals surface area contributed by atoms with Crippen molar-refractivity contribution in [1.29, 1.82) is 0 Å². The zero-order chi connectivity index (χ0) is 28.5.